The number of aromatic nitrogens is 1. The van der Waals surface area contributed by atoms with Gasteiger partial charge in [-0.05, 0) is 59.2 Å². The van der Waals surface area contributed by atoms with Crippen molar-refractivity contribution < 1.29 is 0 Å². The molecule has 3 aromatic heterocycles. The Balaban J connectivity index is 1.10. The summed E-state index contributed by atoms with van der Waals surface area (Å²) in [5.41, 5.74) is 8.49. The third-order valence-electron chi connectivity index (χ3n) is 9.14. The van der Waals surface area contributed by atoms with E-state index in [1.54, 1.807) is 0 Å². The van der Waals surface area contributed by atoms with Gasteiger partial charge in [-0.25, -0.2) is 0 Å². The number of anilines is 1. The van der Waals surface area contributed by atoms with Crippen LogP contribution in [0.25, 0.3) is 68.9 Å². The van der Waals surface area contributed by atoms with E-state index in [1.807, 2.05) is 29.0 Å². The number of hydrogen-bond donors (Lipinski definition) is 1. The third-order valence-corrected chi connectivity index (χ3v) is 11.6. The lowest BCUT2D eigenvalue weighted by Crippen LogP contribution is -2.09. The van der Waals surface area contributed by atoms with Gasteiger partial charge in [0.15, 0.2) is 0 Å². The molecule has 0 amide bonds. The molecule has 1 N–H and O–H groups in total. The van der Waals surface area contributed by atoms with Gasteiger partial charge in [0.2, 0.25) is 0 Å². The minimum atomic E-state index is -0.0584. The van der Waals surface area contributed by atoms with Crippen molar-refractivity contribution in [2.45, 2.75) is 6.04 Å². The number of aliphatic imine (C=N–C) groups is 1. The first kappa shape index (κ1) is 25.1. The lowest BCUT2D eigenvalue weighted by Gasteiger charge is -2.19. The average molecular weight is 612 g/mol. The molecule has 10 rings (SSSR count). The highest BCUT2D eigenvalue weighted by molar-refractivity contribution is 7.26. The molecular formula is C40H25N3S2. The molecule has 45 heavy (non-hydrogen) atoms. The number of nitrogens with zero attached hydrogens (tertiary/aromatic N) is 2. The smallest absolute Gasteiger partial charge is 0.113 e. The summed E-state index contributed by atoms with van der Waals surface area (Å²) in [5, 5.41) is 9.96. The van der Waals surface area contributed by atoms with Crippen LogP contribution in [0.2, 0.25) is 0 Å². The second-order valence-corrected chi connectivity index (χ2v) is 13.8. The second-order valence-electron chi connectivity index (χ2n) is 11.6. The Hall–Kier alpha value is -5.23. The van der Waals surface area contributed by atoms with Gasteiger partial charge in [0.05, 0.1) is 27.9 Å². The zero-order valence-electron chi connectivity index (χ0n) is 24.1. The topological polar surface area (TPSA) is 29.3 Å². The number of nitrogens with one attached hydrogen (secondary N) is 1. The quantitative estimate of drug-likeness (QED) is 0.212. The van der Waals surface area contributed by atoms with Gasteiger partial charge in [-0.1, -0.05) is 91.0 Å². The first-order valence-electron chi connectivity index (χ1n) is 15.2. The number of fused-ring (bicyclic) bond motifs is 9. The molecule has 0 saturated heterocycles. The van der Waals surface area contributed by atoms with Gasteiger partial charge >= 0.3 is 0 Å². The van der Waals surface area contributed by atoms with E-state index in [0.717, 1.165) is 5.69 Å². The zero-order valence-corrected chi connectivity index (χ0v) is 25.7. The number of para-hydroxylation sites is 2. The van der Waals surface area contributed by atoms with Crippen molar-refractivity contribution >= 4 is 86.8 Å². The summed E-state index contributed by atoms with van der Waals surface area (Å²) in [6.45, 7) is 0. The maximum atomic E-state index is 4.99. The van der Waals surface area contributed by atoms with Gasteiger partial charge in [-0.15, -0.1) is 22.7 Å². The van der Waals surface area contributed by atoms with Crippen LogP contribution in [0, 0.1) is 0 Å². The molecule has 1 unspecified atom stereocenters. The zero-order chi connectivity index (χ0) is 29.5. The van der Waals surface area contributed by atoms with Crippen molar-refractivity contribution in [2.24, 2.45) is 4.99 Å². The van der Waals surface area contributed by atoms with E-state index in [9.17, 15) is 0 Å². The van der Waals surface area contributed by atoms with Crippen LogP contribution in [-0.2, 0) is 0 Å². The maximum absolute atomic E-state index is 4.99. The van der Waals surface area contributed by atoms with Gasteiger partial charge in [0.1, 0.15) is 6.04 Å². The van der Waals surface area contributed by atoms with Crippen molar-refractivity contribution in [1.82, 2.24) is 4.57 Å². The third kappa shape index (κ3) is 3.72. The molecule has 9 aromatic rings. The molecule has 1 atom stereocenters. The number of rotatable bonds is 3. The molecule has 1 aliphatic heterocycles. The Morgan fingerprint density at radius 2 is 1.29 bits per heavy atom. The van der Waals surface area contributed by atoms with Crippen LogP contribution in [0.15, 0.2) is 138 Å². The predicted molar refractivity (Wildman–Crippen MR) is 195 cm³/mol. The molecule has 0 fully saturated rings. The molecule has 212 valence electrons. The van der Waals surface area contributed by atoms with Crippen molar-refractivity contribution in [3.05, 3.63) is 144 Å². The molecule has 3 nitrogen and oxygen atoms in total. The van der Waals surface area contributed by atoms with Crippen LogP contribution in [0.1, 0.15) is 16.5 Å². The fourth-order valence-corrected chi connectivity index (χ4v) is 9.58. The van der Waals surface area contributed by atoms with E-state index < -0.39 is 0 Å². The SMILES string of the molecule is C1=NC(c2cccc(-c3cccc4c3sc3ccccc34)c2)c2sc3ccc(-n4c5ccccc5c5ccccc54)cc3c2N1. The molecule has 1 aliphatic rings. The van der Waals surface area contributed by atoms with E-state index in [2.05, 4.69) is 143 Å². The standard InChI is InChI=1S/C40H25N3S2/c1-4-16-33-28(11-1)29-12-2-5-17-34(29)43(33)26-19-20-36-32(22-26)38-40(45-36)37(41-23-42-38)25-10-7-9-24(21-25)27-14-8-15-31-30-13-3-6-18-35(30)44-39(27)31/h1-23,37H,(H,41,42). The van der Waals surface area contributed by atoms with Crippen LogP contribution in [-0.4, -0.2) is 10.9 Å². The monoisotopic (exact) mass is 611 g/mol. The summed E-state index contributed by atoms with van der Waals surface area (Å²) >= 11 is 3.72. The molecule has 4 heterocycles. The normalized spacial score (nSPS) is 14.5. The fraction of sp³-hybridized carbons (Fsp3) is 0.0250. The first-order valence-corrected chi connectivity index (χ1v) is 16.8. The summed E-state index contributed by atoms with van der Waals surface area (Å²) in [5.74, 6) is 0. The minimum absolute atomic E-state index is 0.0584. The Bertz CT molecular complexity index is 2600. The van der Waals surface area contributed by atoms with Crippen molar-refractivity contribution in [3.63, 3.8) is 0 Å². The van der Waals surface area contributed by atoms with Crippen LogP contribution in [0.3, 0.4) is 0 Å². The summed E-state index contributed by atoms with van der Waals surface area (Å²) in [6.07, 6.45) is 1.88. The summed E-state index contributed by atoms with van der Waals surface area (Å²) in [6, 6.07) is 48.6. The fourth-order valence-electron chi connectivity index (χ4n) is 7.12. The molecule has 5 heteroatoms. The molecule has 0 bridgehead atoms. The van der Waals surface area contributed by atoms with Gasteiger partial charge in [0.25, 0.3) is 0 Å². The Kier molecular flexibility index (Phi) is 5.38. The highest BCUT2D eigenvalue weighted by atomic mass is 32.1. The van der Waals surface area contributed by atoms with Gasteiger partial charge in [-0.2, -0.15) is 0 Å². The van der Waals surface area contributed by atoms with E-state index in [1.165, 1.54) is 79.3 Å². The van der Waals surface area contributed by atoms with Crippen LogP contribution in [0.4, 0.5) is 5.69 Å². The highest BCUT2D eigenvalue weighted by Gasteiger charge is 2.25. The van der Waals surface area contributed by atoms with Crippen LogP contribution < -0.4 is 5.32 Å². The van der Waals surface area contributed by atoms with Gasteiger partial charge < -0.3 is 9.88 Å². The average Bonchev–Trinajstić information content (AvgIpc) is 3.77. The van der Waals surface area contributed by atoms with E-state index in [0.29, 0.717) is 0 Å². The molecule has 0 spiro atoms. The lowest BCUT2D eigenvalue weighted by atomic mass is 9.97. The van der Waals surface area contributed by atoms with Gasteiger partial charge in [-0.3, -0.25) is 4.99 Å². The van der Waals surface area contributed by atoms with E-state index >= 15 is 0 Å². The van der Waals surface area contributed by atoms with Crippen LogP contribution in [0.5, 0.6) is 0 Å². The summed E-state index contributed by atoms with van der Waals surface area (Å²) < 4.78 is 6.32. The Morgan fingerprint density at radius 1 is 0.578 bits per heavy atom. The lowest BCUT2D eigenvalue weighted by molar-refractivity contribution is 0.894. The Labute approximate surface area is 267 Å². The number of thiophene rings is 2. The minimum Gasteiger partial charge on any atom is -0.345 e. The molecule has 0 radical (unpaired) electrons. The first-order chi connectivity index (χ1) is 22.3. The van der Waals surface area contributed by atoms with E-state index in [4.69, 9.17) is 4.99 Å². The second kappa shape index (κ2) is 9.63. The van der Waals surface area contributed by atoms with E-state index in [-0.39, 0.29) is 6.04 Å². The highest BCUT2D eigenvalue weighted by Crippen LogP contribution is 2.47. The number of hydrogen-bond acceptors (Lipinski definition) is 4. The predicted octanol–water partition coefficient (Wildman–Crippen LogP) is 11.6. The molecule has 6 aromatic carbocycles. The molecule has 0 aliphatic carbocycles. The van der Waals surface area contributed by atoms with Gasteiger partial charge in [0, 0.05) is 46.7 Å². The maximum Gasteiger partial charge on any atom is 0.113 e. The van der Waals surface area contributed by atoms with Crippen molar-refractivity contribution in [3.8, 4) is 16.8 Å². The van der Waals surface area contributed by atoms with Crippen molar-refractivity contribution in [2.75, 3.05) is 5.32 Å². The summed E-state index contributed by atoms with van der Waals surface area (Å²) in [7, 11) is 0. The largest absolute Gasteiger partial charge is 0.345 e. The summed E-state index contributed by atoms with van der Waals surface area (Å²) in [4.78, 5) is 6.25. The Morgan fingerprint density at radius 3 is 2.13 bits per heavy atom. The van der Waals surface area contributed by atoms with Crippen molar-refractivity contribution in [1.29, 1.82) is 0 Å². The molecular weight excluding hydrogens is 587 g/mol. The molecule has 0 saturated carbocycles. The van der Waals surface area contributed by atoms with Crippen LogP contribution >= 0.6 is 22.7 Å². The number of benzene rings is 6.